The Morgan fingerprint density at radius 1 is 0.947 bits per heavy atom. The van der Waals surface area contributed by atoms with Crippen LogP contribution in [0.15, 0.2) is 0 Å². The number of carbonyl (C=O) groups excluding carboxylic acids is 1. The van der Waals surface area contributed by atoms with Crippen LogP contribution in [-0.4, -0.2) is 5.91 Å². The third-order valence-electron chi connectivity index (χ3n) is 1.91. The van der Waals surface area contributed by atoms with Crippen LogP contribution in [0, 0.1) is 23.3 Å². The van der Waals surface area contributed by atoms with E-state index >= 15 is 0 Å². The molecule has 1 amide bonds. The topological polar surface area (TPSA) is 41.1 Å². The van der Waals surface area contributed by atoms with Crippen LogP contribution in [0.3, 0.4) is 0 Å². The molecule has 0 heterocycles. The lowest BCUT2D eigenvalue weighted by molar-refractivity contribution is -0.143. The van der Waals surface area contributed by atoms with Crippen LogP contribution in [0.25, 0.3) is 0 Å². The average molecular weight is 290 g/mol. The second-order valence-corrected chi connectivity index (χ2v) is 3.31. The summed E-state index contributed by atoms with van der Waals surface area (Å²) in [5.41, 5.74) is -1.24. The van der Waals surface area contributed by atoms with Crippen molar-refractivity contribution in [3.63, 3.8) is 0 Å². The fourth-order valence-corrected chi connectivity index (χ4v) is 1.14. The molecule has 0 saturated heterocycles. The van der Waals surface area contributed by atoms with Gasteiger partial charge in [-0.05, 0) is 0 Å². The molecule has 0 atom stereocenters. The van der Waals surface area contributed by atoms with Gasteiger partial charge in [0, 0.05) is 6.92 Å². The van der Waals surface area contributed by atoms with E-state index < -0.39 is 46.6 Å². The van der Waals surface area contributed by atoms with Crippen molar-refractivity contribution in [3.05, 3.63) is 28.8 Å². The lowest BCUT2D eigenvalue weighted by Crippen LogP contribution is -2.29. The molecule has 0 aliphatic heterocycles. The SMILES string of the molecule is CC(=O)NNc1c(F)c(F)c(C(F)(F)F)c(F)c1F. The van der Waals surface area contributed by atoms with Crippen molar-refractivity contribution in [2.24, 2.45) is 0 Å². The number of carbonyl (C=O) groups is 1. The first-order valence-corrected chi connectivity index (χ1v) is 4.53. The monoisotopic (exact) mass is 290 g/mol. The van der Waals surface area contributed by atoms with Gasteiger partial charge in [-0.25, -0.2) is 17.6 Å². The maximum absolute atomic E-state index is 13.2. The Hall–Kier alpha value is -2.00. The van der Waals surface area contributed by atoms with Crippen LogP contribution in [0.4, 0.5) is 36.4 Å². The summed E-state index contributed by atoms with van der Waals surface area (Å²) in [5, 5.41) is 0. The molecule has 1 aromatic rings. The molecule has 106 valence electrons. The number of nitrogens with one attached hydrogen (secondary N) is 2. The van der Waals surface area contributed by atoms with E-state index in [4.69, 9.17) is 0 Å². The van der Waals surface area contributed by atoms with Gasteiger partial charge in [-0.3, -0.25) is 15.6 Å². The minimum absolute atomic E-state index is 0.888. The second-order valence-electron chi connectivity index (χ2n) is 3.31. The first kappa shape index (κ1) is 15.1. The average Bonchev–Trinajstić information content (AvgIpc) is 2.24. The van der Waals surface area contributed by atoms with Crippen molar-refractivity contribution in [3.8, 4) is 0 Å². The number of halogens is 7. The molecule has 0 unspecified atom stereocenters. The largest absolute Gasteiger partial charge is 0.422 e. The molecule has 0 aliphatic carbocycles. The highest BCUT2D eigenvalue weighted by Gasteiger charge is 2.42. The number of anilines is 1. The van der Waals surface area contributed by atoms with E-state index in [9.17, 15) is 35.5 Å². The summed E-state index contributed by atoms with van der Waals surface area (Å²) < 4.78 is 89.2. The van der Waals surface area contributed by atoms with Gasteiger partial charge in [0.15, 0.2) is 23.3 Å². The molecular weight excluding hydrogens is 285 g/mol. The van der Waals surface area contributed by atoms with Gasteiger partial charge in [0.1, 0.15) is 11.3 Å². The number of alkyl halides is 3. The zero-order chi connectivity index (χ0) is 15.0. The second kappa shape index (κ2) is 4.94. The van der Waals surface area contributed by atoms with Crippen LogP contribution in [0.5, 0.6) is 0 Å². The summed E-state index contributed by atoms with van der Waals surface area (Å²) in [6.45, 7) is 0.888. The highest BCUT2D eigenvalue weighted by atomic mass is 19.4. The zero-order valence-corrected chi connectivity index (χ0v) is 9.05. The van der Waals surface area contributed by atoms with Crippen LogP contribution in [0.2, 0.25) is 0 Å². The Bertz CT molecular complexity index is 497. The third kappa shape index (κ3) is 2.88. The summed E-state index contributed by atoms with van der Waals surface area (Å²) in [4.78, 5) is 10.4. The first-order chi connectivity index (χ1) is 8.57. The van der Waals surface area contributed by atoms with E-state index in [1.165, 1.54) is 5.43 Å². The number of rotatable bonds is 2. The van der Waals surface area contributed by atoms with E-state index in [-0.39, 0.29) is 0 Å². The fraction of sp³-hybridized carbons (Fsp3) is 0.222. The maximum Gasteiger partial charge on any atom is 0.422 e. The molecule has 0 bridgehead atoms. The third-order valence-corrected chi connectivity index (χ3v) is 1.91. The van der Waals surface area contributed by atoms with Gasteiger partial charge in [-0.1, -0.05) is 0 Å². The molecule has 2 N–H and O–H groups in total. The van der Waals surface area contributed by atoms with E-state index in [0.717, 1.165) is 6.92 Å². The first-order valence-electron chi connectivity index (χ1n) is 4.53. The lowest BCUT2D eigenvalue weighted by atomic mass is 10.1. The van der Waals surface area contributed by atoms with Crippen LogP contribution in [-0.2, 0) is 11.0 Å². The molecule has 0 fully saturated rings. The van der Waals surface area contributed by atoms with Crippen molar-refractivity contribution < 1.29 is 35.5 Å². The molecule has 1 aromatic carbocycles. The van der Waals surface area contributed by atoms with Gasteiger partial charge < -0.3 is 0 Å². The molecule has 0 aromatic heterocycles. The normalized spacial score (nSPS) is 11.4. The van der Waals surface area contributed by atoms with E-state index in [2.05, 4.69) is 0 Å². The minimum Gasteiger partial charge on any atom is -0.293 e. The van der Waals surface area contributed by atoms with Gasteiger partial charge in [-0.15, -0.1) is 0 Å². The summed E-state index contributed by atoms with van der Waals surface area (Å²) in [6, 6.07) is 0. The Morgan fingerprint density at radius 3 is 1.68 bits per heavy atom. The standard InChI is InChI=1S/C9H5F7N2O/c1-2(19)17-18-8-6(12)4(10)3(9(14,15)16)5(11)7(8)13/h18H,1H3,(H,17,19). The quantitative estimate of drug-likeness (QED) is 0.499. The highest BCUT2D eigenvalue weighted by molar-refractivity contribution is 5.74. The van der Waals surface area contributed by atoms with Gasteiger partial charge in [0.05, 0.1) is 0 Å². The van der Waals surface area contributed by atoms with Crippen LogP contribution in [0.1, 0.15) is 12.5 Å². The van der Waals surface area contributed by atoms with Crippen LogP contribution >= 0.6 is 0 Å². The van der Waals surface area contributed by atoms with Gasteiger partial charge >= 0.3 is 6.18 Å². The Labute approximate surface area is 101 Å². The highest BCUT2D eigenvalue weighted by Crippen LogP contribution is 2.38. The van der Waals surface area contributed by atoms with Crippen molar-refractivity contribution in [1.82, 2.24) is 5.43 Å². The summed E-state index contributed by atoms with van der Waals surface area (Å²) in [5.74, 6) is -10.7. The minimum atomic E-state index is -5.61. The van der Waals surface area contributed by atoms with Crippen molar-refractivity contribution in [2.45, 2.75) is 13.1 Å². The Morgan fingerprint density at radius 2 is 1.37 bits per heavy atom. The molecule has 19 heavy (non-hydrogen) atoms. The molecule has 10 heteroatoms. The summed E-state index contributed by atoms with van der Waals surface area (Å²) >= 11 is 0. The predicted molar refractivity (Wildman–Crippen MR) is 48.7 cm³/mol. The van der Waals surface area contributed by atoms with E-state index in [1.807, 2.05) is 0 Å². The zero-order valence-electron chi connectivity index (χ0n) is 9.05. The lowest BCUT2D eigenvalue weighted by Gasteiger charge is -2.15. The molecule has 0 spiro atoms. The maximum atomic E-state index is 13.2. The van der Waals surface area contributed by atoms with Crippen molar-refractivity contribution in [2.75, 3.05) is 5.43 Å². The molecule has 0 radical (unpaired) electrons. The summed E-state index contributed by atoms with van der Waals surface area (Å²) in [7, 11) is 0. The van der Waals surface area contributed by atoms with Gasteiger partial charge in [0.25, 0.3) is 0 Å². The Kier molecular flexibility index (Phi) is 3.91. The van der Waals surface area contributed by atoms with Crippen LogP contribution < -0.4 is 10.9 Å². The number of hydrazine groups is 1. The molecule has 1 rings (SSSR count). The van der Waals surface area contributed by atoms with Gasteiger partial charge in [-0.2, -0.15) is 13.2 Å². The smallest absolute Gasteiger partial charge is 0.293 e. The van der Waals surface area contributed by atoms with E-state index in [0.29, 0.717) is 0 Å². The number of amides is 1. The van der Waals surface area contributed by atoms with Crippen molar-refractivity contribution >= 4 is 11.6 Å². The number of hydrogen-bond donors (Lipinski definition) is 2. The fourth-order valence-electron chi connectivity index (χ4n) is 1.14. The van der Waals surface area contributed by atoms with E-state index in [1.54, 1.807) is 5.43 Å². The molecule has 3 nitrogen and oxygen atoms in total. The Balaban J connectivity index is 3.43. The predicted octanol–water partition coefficient (Wildman–Crippen LogP) is 2.72. The molecule has 0 saturated carbocycles. The van der Waals surface area contributed by atoms with Gasteiger partial charge in [0.2, 0.25) is 5.91 Å². The van der Waals surface area contributed by atoms with Crippen molar-refractivity contribution in [1.29, 1.82) is 0 Å². The summed E-state index contributed by atoms with van der Waals surface area (Å²) in [6.07, 6.45) is -5.61. The molecule has 0 aliphatic rings. The number of benzene rings is 1. The number of hydrogen-bond acceptors (Lipinski definition) is 2. The molecular formula is C9H5F7N2O.